The Morgan fingerprint density at radius 2 is 1.65 bits per heavy atom. The first-order chi connectivity index (χ1) is 11.1. The van der Waals surface area contributed by atoms with Gasteiger partial charge in [0.05, 0.1) is 6.10 Å². The van der Waals surface area contributed by atoms with Gasteiger partial charge in [0.1, 0.15) is 5.25 Å². The maximum absolute atomic E-state index is 12.9. The number of likely N-dealkylation sites (N-methyl/N-ethyl adjacent to an activating group) is 1. The fourth-order valence-corrected chi connectivity index (χ4v) is 3.38. The predicted octanol–water partition coefficient (Wildman–Crippen LogP) is 3.75. The Bertz CT molecular complexity index is 601. The zero-order valence-corrected chi connectivity index (χ0v) is 14.4. The van der Waals surface area contributed by atoms with E-state index in [0.29, 0.717) is 13.0 Å². The Morgan fingerprint density at radius 1 is 1.09 bits per heavy atom. The highest BCUT2D eigenvalue weighted by molar-refractivity contribution is 8.00. The number of rotatable bonds is 7. The van der Waals surface area contributed by atoms with Crippen molar-refractivity contribution in [3.05, 3.63) is 66.2 Å². The molecule has 0 saturated carbocycles. The SMILES string of the molecule is CC(O)CCN(C)C(=O)C(Sc1ccccc1)c1ccccc1. The molecule has 0 spiro atoms. The van der Waals surface area contributed by atoms with E-state index in [1.807, 2.05) is 60.7 Å². The lowest BCUT2D eigenvalue weighted by Crippen LogP contribution is -2.32. The molecule has 0 fully saturated rings. The lowest BCUT2D eigenvalue weighted by molar-refractivity contribution is -0.129. The van der Waals surface area contributed by atoms with E-state index in [-0.39, 0.29) is 11.2 Å². The van der Waals surface area contributed by atoms with Crippen molar-refractivity contribution in [2.75, 3.05) is 13.6 Å². The van der Waals surface area contributed by atoms with Gasteiger partial charge >= 0.3 is 0 Å². The summed E-state index contributed by atoms with van der Waals surface area (Å²) in [6.07, 6.45) is 0.182. The number of benzene rings is 2. The number of thioether (sulfide) groups is 1. The summed E-state index contributed by atoms with van der Waals surface area (Å²) in [5.41, 5.74) is 0.996. The summed E-state index contributed by atoms with van der Waals surface area (Å²) >= 11 is 1.56. The monoisotopic (exact) mass is 329 g/mol. The summed E-state index contributed by atoms with van der Waals surface area (Å²) < 4.78 is 0. The minimum Gasteiger partial charge on any atom is -0.393 e. The highest BCUT2D eigenvalue weighted by Gasteiger charge is 2.25. The minimum atomic E-state index is -0.401. The molecule has 2 aromatic carbocycles. The van der Waals surface area contributed by atoms with Gasteiger partial charge in [0.25, 0.3) is 0 Å². The quantitative estimate of drug-likeness (QED) is 0.787. The van der Waals surface area contributed by atoms with Gasteiger partial charge in [-0.3, -0.25) is 4.79 Å². The average Bonchev–Trinajstić information content (AvgIpc) is 2.58. The average molecular weight is 329 g/mol. The van der Waals surface area contributed by atoms with Crippen molar-refractivity contribution in [3.63, 3.8) is 0 Å². The normalized spacial score (nSPS) is 13.3. The molecule has 3 nitrogen and oxygen atoms in total. The van der Waals surface area contributed by atoms with Crippen molar-refractivity contribution < 1.29 is 9.90 Å². The molecule has 122 valence electrons. The molecule has 0 aliphatic rings. The molecule has 2 atom stereocenters. The van der Waals surface area contributed by atoms with Crippen LogP contribution in [0.4, 0.5) is 0 Å². The molecule has 2 unspecified atom stereocenters. The van der Waals surface area contributed by atoms with E-state index in [1.54, 1.807) is 30.6 Å². The molecule has 0 saturated heterocycles. The van der Waals surface area contributed by atoms with E-state index in [2.05, 4.69) is 0 Å². The predicted molar refractivity (Wildman–Crippen MR) is 95.4 cm³/mol. The highest BCUT2D eigenvalue weighted by atomic mass is 32.2. The second-order valence-electron chi connectivity index (χ2n) is 5.62. The van der Waals surface area contributed by atoms with Crippen molar-refractivity contribution in [1.29, 1.82) is 0 Å². The molecule has 0 aliphatic carbocycles. The number of carbonyl (C=O) groups excluding carboxylic acids is 1. The van der Waals surface area contributed by atoms with Crippen LogP contribution < -0.4 is 0 Å². The van der Waals surface area contributed by atoms with Crippen LogP contribution in [0.25, 0.3) is 0 Å². The molecule has 2 aromatic rings. The molecule has 4 heteroatoms. The van der Waals surface area contributed by atoms with Crippen LogP contribution in [-0.4, -0.2) is 35.6 Å². The van der Waals surface area contributed by atoms with Crippen LogP contribution in [0.1, 0.15) is 24.2 Å². The molecular weight excluding hydrogens is 306 g/mol. The molecular formula is C19H23NO2S. The molecule has 0 aromatic heterocycles. The van der Waals surface area contributed by atoms with Gasteiger partial charge in [-0.05, 0) is 31.0 Å². The number of amides is 1. The fraction of sp³-hybridized carbons (Fsp3) is 0.316. The Balaban J connectivity index is 2.18. The van der Waals surface area contributed by atoms with Gasteiger partial charge in [-0.15, -0.1) is 11.8 Å². The first-order valence-corrected chi connectivity index (χ1v) is 8.65. The van der Waals surface area contributed by atoms with Gasteiger partial charge in [0.2, 0.25) is 5.91 Å². The van der Waals surface area contributed by atoms with Gasteiger partial charge < -0.3 is 10.0 Å². The van der Waals surface area contributed by atoms with Crippen molar-refractivity contribution in [1.82, 2.24) is 4.90 Å². The van der Waals surface area contributed by atoms with Gasteiger partial charge in [0, 0.05) is 18.5 Å². The highest BCUT2D eigenvalue weighted by Crippen LogP contribution is 2.36. The number of hydrogen-bond donors (Lipinski definition) is 1. The number of carbonyl (C=O) groups is 1. The fourth-order valence-electron chi connectivity index (χ4n) is 2.21. The second-order valence-corrected chi connectivity index (χ2v) is 6.80. The molecule has 1 amide bonds. The molecule has 23 heavy (non-hydrogen) atoms. The first kappa shape index (κ1) is 17.6. The van der Waals surface area contributed by atoms with Crippen molar-refractivity contribution in [2.24, 2.45) is 0 Å². The third-order valence-electron chi connectivity index (χ3n) is 3.58. The Kier molecular flexibility index (Phi) is 6.68. The zero-order chi connectivity index (χ0) is 16.7. The van der Waals surface area contributed by atoms with Crippen LogP contribution in [0.2, 0.25) is 0 Å². The van der Waals surface area contributed by atoms with Crippen LogP contribution in [0.15, 0.2) is 65.6 Å². The van der Waals surface area contributed by atoms with E-state index in [9.17, 15) is 9.90 Å². The summed E-state index contributed by atoms with van der Waals surface area (Å²) in [5, 5.41) is 9.15. The van der Waals surface area contributed by atoms with Gasteiger partial charge in [-0.2, -0.15) is 0 Å². The van der Waals surface area contributed by atoms with Crippen molar-refractivity contribution in [2.45, 2.75) is 29.6 Å². The third-order valence-corrected chi connectivity index (χ3v) is 4.84. The van der Waals surface area contributed by atoms with E-state index in [1.165, 1.54) is 0 Å². The largest absolute Gasteiger partial charge is 0.393 e. The smallest absolute Gasteiger partial charge is 0.240 e. The maximum Gasteiger partial charge on any atom is 0.240 e. The molecule has 0 aliphatic heterocycles. The summed E-state index contributed by atoms with van der Waals surface area (Å²) in [6, 6.07) is 19.8. The molecule has 0 bridgehead atoms. The van der Waals surface area contributed by atoms with Gasteiger partial charge in [-0.25, -0.2) is 0 Å². The van der Waals surface area contributed by atoms with Crippen LogP contribution in [0, 0.1) is 0 Å². The summed E-state index contributed by atoms with van der Waals surface area (Å²) in [6.45, 7) is 2.29. The Hall–Kier alpha value is -1.78. The zero-order valence-electron chi connectivity index (χ0n) is 13.6. The van der Waals surface area contributed by atoms with E-state index in [0.717, 1.165) is 10.5 Å². The van der Waals surface area contributed by atoms with E-state index >= 15 is 0 Å². The lowest BCUT2D eigenvalue weighted by Gasteiger charge is -2.24. The molecule has 2 rings (SSSR count). The number of aliphatic hydroxyl groups is 1. The number of nitrogens with zero attached hydrogens (tertiary/aromatic N) is 1. The third kappa shape index (κ3) is 5.41. The Labute approximate surface area is 142 Å². The van der Waals surface area contributed by atoms with Crippen LogP contribution >= 0.6 is 11.8 Å². The van der Waals surface area contributed by atoms with Crippen molar-refractivity contribution in [3.8, 4) is 0 Å². The van der Waals surface area contributed by atoms with E-state index in [4.69, 9.17) is 0 Å². The summed E-state index contributed by atoms with van der Waals surface area (Å²) in [4.78, 5) is 15.7. The van der Waals surface area contributed by atoms with Gasteiger partial charge in [0.15, 0.2) is 0 Å². The minimum absolute atomic E-state index is 0.0608. The topological polar surface area (TPSA) is 40.5 Å². The van der Waals surface area contributed by atoms with E-state index < -0.39 is 6.10 Å². The molecule has 0 heterocycles. The summed E-state index contributed by atoms with van der Waals surface area (Å²) in [5.74, 6) is 0.0608. The standard InChI is InChI=1S/C19H23NO2S/c1-15(21)13-14-20(2)19(22)18(16-9-5-3-6-10-16)23-17-11-7-4-8-12-17/h3-12,15,18,21H,13-14H2,1-2H3. The van der Waals surface area contributed by atoms with Crippen LogP contribution in [0.5, 0.6) is 0 Å². The maximum atomic E-state index is 12.9. The number of hydrogen-bond acceptors (Lipinski definition) is 3. The Morgan fingerprint density at radius 3 is 2.22 bits per heavy atom. The van der Waals surface area contributed by atoms with Crippen molar-refractivity contribution >= 4 is 17.7 Å². The second kappa shape index (κ2) is 8.75. The summed E-state index contributed by atoms with van der Waals surface area (Å²) in [7, 11) is 1.80. The number of aliphatic hydroxyl groups excluding tert-OH is 1. The first-order valence-electron chi connectivity index (χ1n) is 7.77. The molecule has 0 radical (unpaired) electrons. The van der Waals surface area contributed by atoms with Crippen LogP contribution in [-0.2, 0) is 4.79 Å². The molecule has 1 N–H and O–H groups in total. The van der Waals surface area contributed by atoms with Crippen LogP contribution in [0.3, 0.4) is 0 Å². The lowest BCUT2D eigenvalue weighted by atomic mass is 10.1. The van der Waals surface area contributed by atoms with Gasteiger partial charge in [-0.1, -0.05) is 48.5 Å².